The molecule has 0 unspecified atom stereocenters. The van der Waals surface area contributed by atoms with Crippen molar-refractivity contribution in [2.75, 3.05) is 10.2 Å². The number of thiophene rings is 1. The van der Waals surface area contributed by atoms with Gasteiger partial charge in [-0.2, -0.15) is 0 Å². The van der Waals surface area contributed by atoms with Crippen molar-refractivity contribution in [3.63, 3.8) is 0 Å². The van der Waals surface area contributed by atoms with Gasteiger partial charge in [-0.3, -0.25) is 9.59 Å². The van der Waals surface area contributed by atoms with Crippen LogP contribution in [0.5, 0.6) is 0 Å². The van der Waals surface area contributed by atoms with Crippen LogP contribution in [0.15, 0.2) is 54.8 Å². The number of amidine groups is 1. The summed E-state index contributed by atoms with van der Waals surface area (Å²) in [4.78, 5) is 49.1. The van der Waals surface area contributed by atoms with E-state index < -0.39 is 6.03 Å². The molecule has 4 amide bonds. The van der Waals surface area contributed by atoms with Crippen LogP contribution in [0.2, 0.25) is 0 Å². The molecule has 2 atom stereocenters. The number of rotatable bonds is 6. The molecule has 1 aliphatic heterocycles. The normalized spacial score (nSPS) is 20.1. The number of urea groups is 1. The van der Waals surface area contributed by atoms with Gasteiger partial charge in [0.15, 0.2) is 0 Å². The molecule has 170 valence electrons. The zero-order valence-corrected chi connectivity index (χ0v) is 18.9. The van der Waals surface area contributed by atoms with Crippen molar-refractivity contribution in [2.45, 2.75) is 38.3 Å². The molecule has 0 spiro atoms. The number of aliphatic imine (C=N–C) groups is 1. The molecule has 33 heavy (non-hydrogen) atoms. The predicted molar refractivity (Wildman–Crippen MR) is 131 cm³/mol. The predicted octanol–water partition coefficient (Wildman–Crippen LogP) is 3.72. The molecule has 0 aromatic carbocycles. The third-order valence-corrected chi connectivity index (χ3v) is 6.66. The van der Waals surface area contributed by atoms with E-state index in [1.165, 1.54) is 28.5 Å². The highest BCUT2D eigenvalue weighted by atomic mass is 32.1. The number of carbonyl (C=O) groups excluding carboxylic acids is 3. The lowest BCUT2D eigenvalue weighted by Crippen LogP contribution is -2.48. The van der Waals surface area contributed by atoms with E-state index in [4.69, 9.17) is 0 Å². The number of hydrogen-bond donors (Lipinski definition) is 3. The molecule has 1 saturated carbocycles. The summed E-state index contributed by atoms with van der Waals surface area (Å²) < 4.78 is 0. The Balaban J connectivity index is 1.69. The number of anilines is 2. The number of nitrogens with zero attached hydrogens (tertiary/aromatic N) is 3. The molecule has 2 aromatic heterocycles. The van der Waals surface area contributed by atoms with Crippen molar-refractivity contribution >= 4 is 56.6 Å². The lowest BCUT2D eigenvalue weighted by Gasteiger charge is -2.28. The smallest absolute Gasteiger partial charge is 0.332 e. The number of carbonyl (C=O) groups is 3. The van der Waals surface area contributed by atoms with Crippen LogP contribution in [-0.4, -0.2) is 40.7 Å². The quantitative estimate of drug-likeness (QED) is 0.343. The molecular weight excluding hydrogens is 440 g/mol. The monoisotopic (exact) mass is 464 g/mol. The summed E-state index contributed by atoms with van der Waals surface area (Å²) in [5.41, 5.74) is 1.02. The second-order valence-electron chi connectivity index (χ2n) is 7.58. The molecule has 10 heteroatoms. The summed E-state index contributed by atoms with van der Waals surface area (Å²) in [5, 5.41) is 9.42. The fourth-order valence-electron chi connectivity index (χ4n) is 4.17. The van der Waals surface area contributed by atoms with Gasteiger partial charge in [0.05, 0.1) is 16.8 Å². The van der Waals surface area contributed by atoms with Crippen LogP contribution in [0.1, 0.15) is 35.9 Å². The van der Waals surface area contributed by atoms with E-state index >= 15 is 0 Å². The van der Waals surface area contributed by atoms with Crippen molar-refractivity contribution in [1.82, 2.24) is 15.6 Å². The summed E-state index contributed by atoms with van der Waals surface area (Å²) in [7, 11) is 0. The fourth-order valence-corrected chi connectivity index (χ4v) is 5.19. The van der Waals surface area contributed by atoms with Crippen molar-refractivity contribution in [1.29, 1.82) is 0 Å². The molecule has 2 aliphatic rings. The van der Waals surface area contributed by atoms with Gasteiger partial charge in [-0.1, -0.05) is 19.2 Å². The fraction of sp³-hybridized carbons (Fsp3) is 0.261. The maximum Gasteiger partial charge on any atom is 0.332 e. The summed E-state index contributed by atoms with van der Waals surface area (Å²) in [6.07, 6.45) is 10.1. The van der Waals surface area contributed by atoms with Gasteiger partial charge in [0.1, 0.15) is 15.5 Å². The van der Waals surface area contributed by atoms with Crippen LogP contribution in [0, 0.1) is 0 Å². The summed E-state index contributed by atoms with van der Waals surface area (Å²) in [5.74, 6) is -0.185. The third-order valence-electron chi connectivity index (χ3n) is 5.57. The number of hydrogen-bond acceptors (Lipinski definition) is 6. The second kappa shape index (κ2) is 9.37. The maximum absolute atomic E-state index is 13.2. The Hall–Kier alpha value is -3.79. The third kappa shape index (κ3) is 4.17. The molecule has 4 rings (SSSR count). The zero-order chi connectivity index (χ0) is 23.5. The molecule has 3 N–H and O–H groups in total. The van der Waals surface area contributed by atoms with Crippen LogP contribution in [0.25, 0.3) is 10.2 Å². The average molecular weight is 465 g/mol. The van der Waals surface area contributed by atoms with Crippen molar-refractivity contribution < 1.29 is 14.4 Å². The Kier molecular flexibility index (Phi) is 6.36. The highest BCUT2D eigenvalue weighted by molar-refractivity contribution is 7.21. The van der Waals surface area contributed by atoms with Crippen molar-refractivity contribution in [2.24, 2.45) is 4.99 Å². The first-order chi connectivity index (χ1) is 16.0. The van der Waals surface area contributed by atoms with Gasteiger partial charge >= 0.3 is 6.03 Å². The SMILES string of the molecule is C=C/N=C(\C=C\C)N1C(=O)Nc2c(C(=O)N[C@H]3CCC[C@H]3NC(=O)C=C)sc3nccc1c23. The molecule has 1 fully saturated rings. The summed E-state index contributed by atoms with van der Waals surface area (Å²) >= 11 is 1.21. The van der Waals surface area contributed by atoms with E-state index in [2.05, 4.69) is 39.1 Å². The van der Waals surface area contributed by atoms with Crippen LogP contribution in [0.3, 0.4) is 0 Å². The van der Waals surface area contributed by atoms with Crippen molar-refractivity contribution in [3.05, 3.63) is 54.7 Å². The Morgan fingerprint density at radius 1 is 1.30 bits per heavy atom. The van der Waals surface area contributed by atoms with Gasteiger partial charge < -0.3 is 16.0 Å². The van der Waals surface area contributed by atoms with Crippen LogP contribution in [0.4, 0.5) is 16.2 Å². The van der Waals surface area contributed by atoms with Crippen LogP contribution in [-0.2, 0) is 4.79 Å². The second-order valence-corrected chi connectivity index (χ2v) is 8.58. The lowest BCUT2D eigenvalue weighted by atomic mass is 10.1. The Labute approximate surface area is 195 Å². The van der Waals surface area contributed by atoms with E-state index in [0.717, 1.165) is 19.3 Å². The lowest BCUT2D eigenvalue weighted by molar-refractivity contribution is -0.117. The molecule has 2 aromatic rings. The molecule has 0 radical (unpaired) electrons. The highest BCUT2D eigenvalue weighted by Crippen LogP contribution is 2.43. The molecule has 0 saturated heterocycles. The number of pyridine rings is 1. The summed E-state index contributed by atoms with van der Waals surface area (Å²) in [6.45, 7) is 8.93. The summed E-state index contributed by atoms with van der Waals surface area (Å²) in [6, 6.07) is 0.919. The van der Waals surface area contributed by atoms with Crippen molar-refractivity contribution in [3.8, 4) is 0 Å². The van der Waals surface area contributed by atoms with Gasteiger partial charge in [0, 0.05) is 24.5 Å². The maximum atomic E-state index is 13.2. The number of aromatic nitrogens is 1. The molecule has 9 nitrogen and oxygen atoms in total. The standard InChI is InChI=1S/C23H24N6O3S/c1-4-8-16(24-6-3)29-15-11-12-25-22-18(15)19(28-23(29)32)20(33-22)21(31)27-14-10-7-9-13(14)26-17(30)5-2/h4-6,8,11-14H,2-3,7,9-10H2,1H3,(H,26,30)(H,27,31)(H,28,32)/b8-4+,24-16+/t13-,14+/m1/s1. The minimum absolute atomic E-state index is 0.164. The van der Waals surface area contributed by atoms with Gasteiger partial charge in [-0.25, -0.2) is 19.7 Å². The molecule has 3 heterocycles. The van der Waals surface area contributed by atoms with E-state index in [-0.39, 0.29) is 23.9 Å². The van der Waals surface area contributed by atoms with Crippen LogP contribution >= 0.6 is 11.3 Å². The Morgan fingerprint density at radius 2 is 2.06 bits per heavy atom. The Morgan fingerprint density at radius 3 is 2.76 bits per heavy atom. The average Bonchev–Trinajstić information content (AvgIpc) is 3.39. The topological polar surface area (TPSA) is 116 Å². The van der Waals surface area contributed by atoms with E-state index in [1.807, 2.05) is 6.92 Å². The van der Waals surface area contributed by atoms with E-state index in [0.29, 0.717) is 32.3 Å². The molecule has 1 aliphatic carbocycles. The van der Waals surface area contributed by atoms with Gasteiger partial charge in [0.2, 0.25) is 5.91 Å². The van der Waals surface area contributed by atoms with Gasteiger partial charge in [0.25, 0.3) is 5.91 Å². The molecular formula is C23H24N6O3S. The minimum Gasteiger partial charge on any atom is -0.348 e. The van der Waals surface area contributed by atoms with E-state index in [1.54, 1.807) is 24.4 Å². The first kappa shape index (κ1) is 22.4. The number of allylic oxidation sites excluding steroid dienone is 1. The Bertz CT molecular complexity index is 1210. The molecule has 0 bridgehead atoms. The van der Waals surface area contributed by atoms with Crippen LogP contribution < -0.4 is 20.9 Å². The van der Waals surface area contributed by atoms with Gasteiger partial charge in [-0.15, -0.1) is 11.3 Å². The van der Waals surface area contributed by atoms with E-state index in [9.17, 15) is 14.4 Å². The zero-order valence-electron chi connectivity index (χ0n) is 18.1. The minimum atomic E-state index is -0.432. The number of nitrogens with one attached hydrogen (secondary N) is 3. The highest BCUT2D eigenvalue weighted by Gasteiger charge is 2.35. The number of amides is 4. The first-order valence-electron chi connectivity index (χ1n) is 10.6. The van der Waals surface area contributed by atoms with Gasteiger partial charge in [-0.05, 0) is 44.4 Å². The largest absolute Gasteiger partial charge is 0.348 e. The first-order valence-corrected chi connectivity index (χ1v) is 11.4.